The molecule has 0 saturated carbocycles. The minimum absolute atomic E-state index is 0.118. The van der Waals surface area contributed by atoms with Crippen LogP contribution in [0.25, 0.3) is 33.1 Å². The van der Waals surface area contributed by atoms with E-state index in [9.17, 15) is 4.79 Å². The molecule has 1 amide bonds. The van der Waals surface area contributed by atoms with E-state index >= 15 is 0 Å². The minimum Gasteiger partial charge on any atom is -0.364 e. The second-order valence-electron chi connectivity index (χ2n) is 9.00. The van der Waals surface area contributed by atoms with Gasteiger partial charge in [0, 0.05) is 46.9 Å². The normalized spacial score (nSPS) is 17.3. The van der Waals surface area contributed by atoms with Crippen LogP contribution < -0.4 is 16.4 Å². The fourth-order valence-electron chi connectivity index (χ4n) is 4.93. The molecule has 0 spiro atoms. The maximum atomic E-state index is 12.5. The van der Waals surface area contributed by atoms with Gasteiger partial charge in [0.25, 0.3) is 5.91 Å². The average molecular weight is 470 g/mol. The van der Waals surface area contributed by atoms with Crippen LogP contribution in [0, 0.1) is 0 Å². The number of carbonyl (C=O) groups is 1. The van der Waals surface area contributed by atoms with Gasteiger partial charge < -0.3 is 21.4 Å². The molecule has 5 aromatic rings. The lowest BCUT2D eigenvalue weighted by Crippen LogP contribution is -2.48. The van der Waals surface area contributed by atoms with Gasteiger partial charge in [-0.1, -0.05) is 36.4 Å². The lowest BCUT2D eigenvalue weighted by molar-refractivity contribution is 0.0997. The van der Waals surface area contributed by atoms with Crippen molar-refractivity contribution in [3.63, 3.8) is 0 Å². The van der Waals surface area contributed by atoms with E-state index in [1.165, 1.54) is 6.20 Å². The Balaban J connectivity index is 1.35. The van der Waals surface area contributed by atoms with E-state index in [1.807, 2.05) is 29.2 Å². The Morgan fingerprint density at radius 3 is 2.69 bits per heavy atom. The number of carbonyl (C=O) groups excluding carboxylic acids is 1. The van der Waals surface area contributed by atoms with Crippen molar-refractivity contribution in [3.8, 4) is 11.1 Å². The van der Waals surface area contributed by atoms with Gasteiger partial charge >= 0.3 is 0 Å². The summed E-state index contributed by atoms with van der Waals surface area (Å²) in [6, 6.07) is 15.4. The molecule has 0 atom stereocenters. The number of rotatable bonds is 4. The van der Waals surface area contributed by atoms with E-state index in [2.05, 4.69) is 27.2 Å². The number of anilines is 1. The van der Waals surface area contributed by atoms with Gasteiger partial charge in [0.1, 0.15) is 11.3 Å². The number of nitrogens with one attached hydrogen (secondary N) is 1. The van der Waals surface area contributed by atoms with Gasteiger partial charge in [-0.2, -0.15) is 10.1 Å². The number of nitrogens with two attached hydrogens (primary N) is 2. The number of hydrogen-bond donors (Lipinski definition) is 3. The molecule has 176 valence electrons. The van der Waals surface area contributed by atoms with Gasteiger partial charge in [-0.05, 0) is 36.1 Å². The lowest BCUT2D eigenvalue weighted by atomic mass is 9.82. The van der Waals surface area contributed by atoms with Crippen LogP contribution in [0.5, 0.6) is 0 Å². The van der Waals surface area contributed by atoms with Crippen LogP contribution in [0.15, 0.2) is 60.9 Å². The first-order valence-corrected chi connectivity index (χ1v) is 11.4. The second-order valence-corrected chi connectivity index (χ2v) is 9.00. The fourth-order valence-corrected chi connectivity index (χ4v) is 4.93. The Hall–Kier alpha value is -4.24. The standard InChI is InChI=1S/C26H26N8O/c1-33-20-8-7-16(13-17(20)14-30-33)19-15-29-24-21(19)22(23(27)35)31-25(32-24)34-11-9-26(28,10-12-34)18-5-3-2-4-6-18/h2-8,13-15H,9-12,28H2,1H3,(H2,27,35)(H,29,31,32)/i1D3. The number of benzene rings is 2. The molecule has 2 aromatic carbocycles. The van der Waals surface area contributed by atoms with Crippen molar-refractivity contribution in [1.29, 1.82) is 0 Å². The molecule has 4 heterocycles. The number of H-pyrrole nitrogens is 1. The van der Waals surface area contributed by atoms with Crippen LogP contribution in [0.1, 0.15) is 33.0 Å². The van der Waals surface area contributed by atoms with Gasteiger partial charge in [0.2, 0.25) is 5.95 Å². The summed E-state index contributed by atoms with van der Waals surface area (Å²) in [4.78, 5) is 27.1. The molecule has 0 unspecified atom stereocenters. The molecule has 0 radical (unpaired) electrons. The van der Waals surface area contributed by atoms with Gasteiger partial charge in [0.05, 0.1) is 17.1 Å². The summed E-state index contributed by atoms with van der Waals surface area (Å²) >= 11 is 0. The second kappa shape index (κ2) is 7.92. The lowest BCUT2D eigenvalue weighted by Gasteiger charge is -2.39. The molecule has 1 aliphatic rings. The highest BCUT2D eigenvalue weighted by Gasteiger charge is 2.33. The number of aromatic amines is 1. The highest BCUT2D eigenvalue weighted by Crippen LogP contribution is 2.35. The molecule has 1 fully saturated rings. The topological polar surface area (TPSA) is 132 Å². The molecule has 1 aliphatic heterocycles. The van der Waals surface area contributed by atoms with Crippen LogP contribution in [0.4, 0.5) is 5.95 Å². The van der Waals surface area contributed by atoms with E-state index in [0.29, 0.717) is 59.4 Å². The predicted octanol–water partition coefficient (Wildman–Crippen LogP) is 3.06. The molecule has 0 aliphatic carbocycles. The van der Waals surface area contributed by atoms with Gasteiger partial charge in [-0.25, -0.2) is 4.98 Å². The Morgan fingerprint density at radius 2 is 1.94 bits per heavy atom. The third-order valence-corrected chi connectivity index (χ3v) is 6.92. The highest BCUT2D eigenvalue weighted by atomic mass is 16.1. The van der Waals surface area contributed by atoms with Crippen LogP contribution >= 0.6 is 0 Å². The molecule has 3 aromatic heterocycles. The van der Waals surface area contributed by atoms with Crippen molar-refractivity contribution in [2.75, 3.05) is 18.0 Å². The summed E-state index contributed by atoms with van der Waals surface area (Å²) in [6.45, 7) is -1.12. The highest BCUT2D eigenvalue weighted by molar-refractivity contribution is 6.09. The maximum absolute atomic E-state index is 12.5. The first kappa shape index (κ1) is 18.1. The summed E-state index contributed by atoms with van der Waals surface area (Å²) in [5.74, 6) is -0.241. The summed E-state index contributed by atoms with van der Waals surface area (Å²) in [6.07, 6.45) is 4.68. The number of aromatic nitrogens is 5. The molecule has 9 nitrogen and oxygen atoms in total. The third-order valence-electron chi connectivity index (χ3n) is 6.92. The first-order valence-electron chi connectivity index (χ1n) is 12.9. The summed E-state index contributed by atoms with van der Waals surface area (Å²) in [7, 11) is 0. The van der Waals surface area contributed by atoms with Crippen LogP contribution in [-0.2, 0) is 12.5 Å². The molecule has 6 rings (SSSR count). The summed E-state index contributed by atoms with van der Waals surface area (Å²) in [5.41, 5.74) is 15.7. The zero-order valence-corrected chi connectivity index (χ0v) is 18.9. The Kier molecular flexibility index (Phi) is 4.10. The van der Waals surface area contributed by atoms with E-state index in [1.54, 1.807) is 18.3 Å². The Bertz CT molecular complexity index is 1670. The smallest absolute Gasteiger partial charge is 0.268 e. The van der Waals surface area contributed by atoms with Gasteiger partial charge in [-0.3, -0.25) is 9.48 Å². The van der Waals surface area contributed by atoms with Crippen molar-refractivity contribution >= 4 is 33.8 Å². The van der Waals surface area contributed by atoms with E-state index in [4.69, 9.17) is 20.6 Å². The number of fused-ring (bicyclic) bond motifs is 2. The Labute approximate surface area is 206 Å². The fraction of sp³-hybridized carbons (Fsp3) is 0.231. The molecular weight excluding hydrogens is 440 g/mol. The number of nitrogens with zero attached hydrogens (tertiary/aromatic N) is 5. The Morgan fingerprint density at radius 1 is 1.14 bits per heavy atom. The van der Waals surface area contributed by atoms with Crippen LogP contribution in [-0.4, -0.2) is 43.7 Å². The van der Waals surface area contributed by atoms with Crippen molar-refractivity contribution in [1.82, 2.24) is 24.7 Å². The molecule has 5 N–H and O–H groups in total. The number of piperidine rings is 1. The van der Waals surface area contributed by atoms with Gasteiger partial charge in [-0.15, -0.1) is 0 Å². The largest absolute Gasteiger partial charge is 0.364 e. The number of primary amides is 1. The number of aryl methyl sites for hydroxylation is 1. The zero-order chi connectivity index (χ0) is 26.7. The van der Waals surface area contributed by atoms with Gasteiger partial charge in [0.15, 0.2) is 0 Å². The van der Waals surface area contributed by atoms with Crippen molar-refractivity contribution < 1.29 is 8.91 Å². The average Bonchev–Trinajstić information content (AvgIpc) is 3.53. The minimum atomic E-state index is -2.38. The first-order chi connectivity index (χ1) is 18.1. The molecule has 0 bridgehead atoms. The quantitative estimate of drug-likeness (QED) is 0.371. The predicted molar refractivity (Wildman–Crippen MR) is 136 cm³/mol. The number of hydrogen-bond acceptors (Lipinski definition) is 6. The van der Waals surface area contributed by atoms with E-state index < -0.39 is 18.4 Å². The van der Waals surface area contributed by atoms with E-state index in [0.717, 1.165) is 15.8 Å². The number of amides is 1. The molecule has 9 heteroatoms. The zero-order valence-electron chi connectivity index (χ0n) is 21.9. The maximum Gasteiger partial charge on any atom is 0.268 e. The summed E-state index contributed by atoms with van der Waals surface area (Å²) in [5, 5.41) is 5.19. The van der Waals surface area contributed by atoms with Crippen molar-refractivity contribution in [2.24, 2.45) is 18.4 Å². The SMILES string of the molecule is [2H]C([2H])([2H])n1ncc2cc(-c3c[nH]c4nc(N5CCC(N)(c6ccccc6)CC5)nc(C(N)=O)c34)ccc21. The summed E-state index contributed by atoms with van der Waals surface area (Å²) < 4.78 is 24.0. The monoisotopic (exact) mass is 469 g/mol. The molecular formula is C26H26N8O. The van der Waals surface area contributed by atoms with Crippen LogP contribution in [0.3, 0.4) is 0 Å². The molecule has 1 saturated heterocycles. The molecule has 35 heavy (non-hydrogen) atoms. The van der Waals surface area contributed by atoms with Crippen molar-refractivity contribution in [3.05, 3.63) is 72.2 Å². The van der Waals surface area contributed by atoms with Crippen molar-refractivity contribution in [2.45, 2.75) is 18.4 Å². The van der Waals surface area contributed by atoms with Crippen LogP contribution in [0.2, 0.25) is 0 Å². The van der Waals surface area contributed by atoms with E-state index in [-0.39, 0.29) is 5.69 Å². The third kappa shape index (κ3) is 3.52.